The minimum Gasteiger partial charge on any atom is -0.388 e. The van der Waals surface area contributed by atoms with Crippen LogP contribution < -0.4 is 4.90 Å². The standard InChI is InChI=1S/C18H28N2O/c1-2-18(21)16-8-4-5-9-17(16)20-13-10-15(14-20)19-11-6-3-7-12-19/h4-5,8-9,15,18,21H,2-3,6-7,10-14H2,1H3/t15?,18-/m1/s1. The van der Waals surface area contributed by atoms with Crippen LogP contribution in [0.5, 0.6) is 0 Å². The van der Waals surface area contributed by atoms with Crippen LogP contribution in [0, 0.1) is 0 Å². The zero-order valence-corrected chi connectivity index (χ0v) is 13.2. The predicted molar refractivity (Wildman–Crippen MR) is 87.7 cm³/mol. The highest BCUT2D eigenvalue weighted by molar-refractivity contribution is 5.55. The van der Waals surface area contributed by atoms with Crippen molar-refractivity contribution in [3.05, 3.63) is 29.8 Å². The van der Waals surface area contributed by atoms with Gasteiger partial charge in [-0.1, -0.05) is 31.5 Å². The predicted octanol–water partition coefficient (Wildman–Crippen LogP) is 3.19. The highest BCUT2D eigenvalue weighted by Crippen LogP contribution is 2.31. The Kier molecular flexibility index (Phi) is 4.81. The molecule has 2 aliphatic rings. The van der Waals surface area contributed by atoms with Gasteiger partial charge in [-0.15, -0.1) is 0 Å². The lowest BCUT2D eigenvalue weighted by Gasteiger charge is -2.32. The molecule has 0 bridgehead atoms. The topological polar surface area (TPSA) is 26.7 Å². The van der Waals surface area contributed by atoms with Gasteiger partial charge in [0.25, 0.3) is 0 Å². The molecule has 3 heteroatoms. The SMILES string of the molecule is CC[C@@H](O)c1ccccc1N1CCC(N2CCCCC2)C1. The van der Waals surface area contributed by atoms with E-state index >= 15 is 0 Å². The van der Waals surface area contributed by atoms with Gasteiger partial charge < -0.3 is 10.0 Å². The minimum absolute atomic E-state index is 0.338. The number of rotatable bonds is 4. The number of hydrogen-bond acceptors (Lipinski definition) is 3. The fourth-order valence-corrected chi connectivity index (χ4v) is 3.82. The van der Waals surface area contributed by atoms with Gasteiger partial charge in [0.1, 0.15) is 0 Å². The van der Waals surface area contributed by atoms with E-state index in [1.807, 2.05) is 13.0 Å². The summed E-state index contributed by atoms with van der Waals surface area (Å²) in [7, 11) is 0. The highest BCUT2D eigenvalue weighted by Gasteiger charge is 2.29. The number of nitrogens with zero attached hydrogens (tertiary/aromatic N) is 2. The highest BCUT2D eigenvalue weighted by atomic mass is 16.3. The molecule has 2 heterocycles. The molecule has 0 amide bonds. The smallest absolute Gasteiger partial charge is 0.0807 e. The molecule has 1 unspecified atom stereocenters. The van der Waals surface area contributed by atoms with Gasteiger partial charge in [-0.2, -0.15) is 0 Å². The molecule has 0 aromatic heterocycles. The first-order valence-corrected chi connectivity index (χ1v) is 8.55. The fourth-order valence-electron chi connectivity index (χ4n) is 3.82. The minimum atomic E-state index is -0.338. The lowest BCUT2D eigenvalue weighted by atomic mass is 10.0. The van der Waals surface area contributed by atoms with E-state index in [4.69, 9.17) is 0 Å². The molecule has 1 aromatic carbocycles. The summed E-state index contributed by atoms with van der Waals surface area (Å²) >= 11 is 0. The Bertz CT molecular complexity index is 456. The van der Waals surface area contributed by atoms with Crippen LogP contribution in [0.3, 0.4) is 0 Å². The van der Waals surface area contributed by atoms with Crippen molar-refractivity contribution in [3.63, 3.8) is 0 Å². The van der Waals surface area contributed by atoms with Gasteiger partial charge in [0.2, 0.25) is 0 Å². The molecule has 3 nitrogen and oxygen atoms in total. The lowest BCUT2D eigenvalue weighted by molar-refractivity contribution is 0.172. The van der Waals surface area contributed by atoms with Gasteiger partial charge >= 0.3 is 0 Å². The summed E-state index contributed by atoms with van der Waals surface area (Å²) in [5, 5.41) is 10.2. The van der Waals surface area contributed by atoms with Crippen molar-refractivity contribution in [2.45, 2.75) is 51.2 Å². The first kappa shape index (κ1) is 14.9. The number of aliphatic hydroxyl groups is 1. The summed E-state index contributed by atoms with van der Waals surface area (Å²) in [6.07, 6.45) is 5.83. The summed E-state index contributed by atoms with van der Waals surface area (Å²) in [5.41, 5.74) is 2.34. The number of likely N-dealkylation sites (tertiary alicyclic amines) is 1. The second-order valence-corrected chi connectivity index (χ2v) is 6.47. The van der Waals surface area contributed by atoms with Gasteiger partial charge in [-0.25, -0.2) is 0 Å². The molecule has 116 valence electrons. The molecule has 0 saturated carbocycles. The Hall–Kier alpha value is -1.06. The lowest BCUT2D eigenvalue weighted by Crippen LogP contribution is -2.41. The van der Waals surface area contributed by atoms with E-state index in [0.717, 1.165) is 25.1 Å². The molecule has 0 aliphatic carbocycles. The maximum atomic E-state index is 10.2. The Balaban J connectivity index is 1.71. The molecule has 21 heavy (non-hydrogen) atoms. The third-order valence-corrected chi connectivity index (χ3v) is 5.09. The Morgan fingerprint density at radius 3 is 2.67 bits per heavy atom. The zero-order valence-electron chi connectivity index (χ0n) is 13.2. The average Bonchev–Trinajstić information content (AvgIpc) is 3.05. The van der Waals surface area contributed by atoms with E-state index in [0.29, 0.717) is 6.04 Å². The van der Waals surface area contributed by atoms with E-state index in [1.165, 1.54) is 44.5 Å². The van der Waals surface area contributed by atoms with Crippen molar-refractivity contribution >= 4 is 5.69 Å². The molecule has 1 aromatic rings. The number of benzene rings is 1. The Morgan fingerprint density at radius 2 is 1.90 bits per heavy atom. The normalized spacial score (nSPS) is 25.2. The number of hydrogen-bond donors (Lipinski definition) is 1. The molecular formula is C18H28N2O. The van der Waals surface area contributed by atoms with E-state index in [1.54, 1.807) is 0 Å². The summed E-state index contributed by atoms with van der Waals surface area (Å²) in [4.78, 5) is 5.16. The molecule has 1 N–H and O–H groups in total. The quantitative estimate of drug-likeness (QED) is 0.921. The molecule has 2 aliphatic heterocycles. The van der Waals surface area contributed by atoms with Crippen LogP contribution in [0.15, 0.2) is 24.3 Å². The molecule has 2 atom stereocenters. The summed E-state index contributed by atoms with van der Waals surface area (Å²) in [6, 6.07) is 9.09. The van der Waals surface area contributed by atoms with E-state index in [-0.39, 0.29) is 6.10 Å². The first-order chi connectivity index (χ1) is 10.3. The van der Waals surface area contributed by atoms with Crippen molar-refractivity contribution < 1.29 is 5.11 Å². The molecule has 0 spiro atoms. The molecule has 0 radical (unpaired) electrons. The van der Waals surface area contributed by atoms with Crippen molar-refractivity contribution in [1.82, 2.24) is 4.90 Å². The third kappa shape index (κ3) is 3.24. The van der Waals surface area contributed by atoms with Gasteiger partial charge in [-0.3, -0.25) is 4.90 Å². The van der Waals surface area contributed by atoms with Gasteiger partial charge in [0, 0.05) is 30.4 Å². The van der Waals surface area contributed by atoms with Gasteiger partial charge in [-0.05, 0) is 44.8 Å². The van der Waals surface area contributed by atoms with E-state index < -0.39 is 0 Å². The van der Waals surface area contributed by atoms with Crippen LogP contribution in [-0.2, 0) is 0 Å². The first-order valence-electron chi connectivity index (χ1n) is 8.55. The summed E-state index contributed by atoms with van der Waals surface area (Å²) in [5.74, 6) is 0. The fraction of sp³-hybridized carbons (Fsp3) is 0.667. The molecule has 2 fully saturated rings. The summed E-state index contributed by atoms with van der Waals surface area (Å²) in [6.45, 7) is 6.83. The number of piperidine rings is 1. The van der Waals surface area contributed by atoms with E-state index in [9.17, 15) is 5.11 Å². The zero-order chi connectivity index (χ0) is 14.7. The Morgan fingerprint density at radius 1 is 1.14 bits per heavy atom. The van der Waals surface area contributed by atoms with Crippen molar-refractivity contribution in [2.24, 2.45) is 0 Å². The van der Waals surface area contributed by atoms with Crippen LogP contribution in [0.2, 0.25) is 0 Å². The van der Waals surface area contributed by atoms with E-state index in [2.05, 4.69) is 28.0 Å². The van der Waals surface area contributed by atoms with Gasteiger partial charge in [0.15, 0.2) is 0 Å². The maximum Gasteiger partial charge on any atom is 0.0807 e. The molecule has 2 saturated heterocycles. The van der Waals surface area contributed by atoms with Crippen LogP contribution in [0.25, 0.3) is 0 Å². The largest absolute Gasteiger partial charge is 0.388 e. The summed E-state index contributed by atoms with van der Waals surface area (Å²) < 4.78 is 0. The van der Waals surface area contributed by atoms with Gasteiger partial charge in [0.05, 0.1) is 6.10 Å². The van der Waals surface area contributed by atoms with Crippen LogP contribution >= 0.6 is 0 Å². The van der Waals surface area contributed by atoms with Crippen molar-refractivity contribution in [1.29, 1.82) is 0 Å². The average molecular weight is 288 g/mol. The second-order valence-electron chi connectivity index (χ2n) is 6.47. The van der Waals surface area contributed by atoms with Crippen LogP contribution in [0.4, 0.5) is 5.69 Å². The number of para-hydroxylation sites is 1. The molecular weight excluding hydrogens is 260 g/mol. The molecule has 3 rings (SSSR count). The number of aliphatic hydroxyl groups excluding tert-OH is 1. The van der Waals surface area contributed by atoms with Crippen LogP contribution in [0.1, 0.15) is 50.7 Å². The van der Waals surface area contributed by atoms with Crippen molar-refractivity contribution in [2.75, 3.05) is 31.1 Å². The second kappa shape index (κ2) is 6.80. The van der Waals surface area contributed by atoms with Crippen LogP contribution in [-0.4, -0.2) is 42.2 Å². The third-order valence-electron chi connectivity index (χ3n) is 5.09. The maximum absolute atomic E-state index is 10.2. The monoisotopic (exact) mass is 288 g/mol. The number of anilines is 1. The Labute approximate surface area is 128 Å². The van der Waals surface area contributed by atoms with Crippen molar-refractivity contribution in [3.8, 4) is 0 Å².